The smallest absolute Gasteiger partial charge is 0.352 e. The molecule has 2 heterocycles. The van der Waals surface area contributed by atoms with Crippen molar-refractivity contribution in [2.75, 3.05) is 6.54 Å². The van der Waals surface area contributed by atoms with E-state index in [1.807, 2.05) is 0 Å². The molecule has 1 aromatic rings. The van der Waals surface area contributed by atoms with E-state index in [-0.39, 0.29) is 11.6 Å². The van der Waals surface area contributed by atoms with Crippen molar-refractivity contribution in [3.05, 3.63) is 23.0 Å². The summed E-state index contributed by atoms with van der Waals surface area (Å²) < 4.78 is 1.70. The molecule has 1 aliphatic heterocycles. The van der Waals surface area contributed by atoms with Crippen LogP contribution in [0.2, 0.25) is 0 Å². The average molecular weight is 222 g/mol. The van der Waals surface area contributed by atoms with E-state index in [4.69, 9.17) is 5.11 Å². The largest absolute Gasteiger partial charge is 0.477 e. The molecule has 0 spiro atoms. The third-order valence-corrected chi connectivity index (χ3v) is 3.09. The van der Waals surface area contributed by atoms with Crippen LogP contribution in [0.25, 0.3) is 0 Å². The van der Waals surface area contributed by atoms with Gasteiger partial charge in [0.1, 0.15) is 5.69 Å². The van der Waals surface area contributed by atoms with Gasteiger partial charge in [-0.2, -0.15) is 0 Å². The van der Waals surface area contributed by atoms with Gasteiger partial charge >= 0.3 is 5.97 Å². The third kappa shape index (κ3) is 1.58. The van der Waals surface area contributed by atoms with Gasteiger partial charge in [-0.1, -0.05) is 0 Å². The highest BCUT2D eigenvalue weighted by Crippen LogP contribution is 2.22. The number of hydrogen-bond donors (Lipinski definition) is 1. The molecule has 0 saturated heterocycles. The fraction of sp³-hybridized carbons (Fsp3) is 0.455. The zero-order valence-electron chi connectivity index (χ0n) is 9.36. The second-order valence-corrected chi connectivity index (χ2v) is 4.06. The standard InChI is InChI=1S/C11H14N2O3/c1-7(14)13-4-3-9-8(6-13)5-10(11(15)16)12(9)2/h5H,3-4,6H2,1-2H3,(H,15,16). The Bertz CT molecular complexity index is 462. The van der Waals surface area contributed by atoms with Crippen molar-refractivity contribution >= 4 is 11.9 Å². The number of fused-ring (bicyclic) bond motifs is 1. The molecule has 0 fully saturated rings. The SMILES string of the molecule is CC(=O)N1CCc2c(cc(C(=O)O)n2C)C1. The number of hydrogen-bond acceptors (Lipinski definition) is 2. The van der Waals surface area contributed by atoms with Crippen molar-refractivity contribution in [3.8, 4) is 0 Å². The third-order valence-electron chi connectivity index (χ3n) is 3.09. The van der Waals surface area contributed by atoms with Gasteiger partial charge in [0.05, 0.1) is 0 Å². The first-order valence-electron chi connectivity index (χ1n) is 5.17. The van der Waals surface area contributed by atoms with E-state index >= 15 is 0 Å². The second-order valence-electron chi connectivity index (χ2n) is 4.06. The van der Waals surface area contributed by atoms with Gasteiger partial charge in [-0.25, -0.2) is 4.79 Å². The van der Waals surface area contributed by atoms with Crippen molar-refractivity contribution in [2.45, 2.75) is 19.9 Å². The lowest BCUT2D eigenvalue weighted by Crippen LogP contribution is -2.34. The number of carbonyl (C=O) groups is 2. The van der Waals surface area contributed by atoms with Gasteiger partial charge in [0.15, 0.2) is 0 Å². The first kappa shape index (κ1) is 10.7. The molecule has 86 valence electrons. The molecule has 0 unspecified atom stereocenters. The van der Waals surface area contributed by atoms with Crippen LogP contribution in [0.5, 0.6) is 0 Å². The summed E-state index contributed by atoms with van der Waals surface area (Å²) in [5.74, 6) is -0.891. The van der Waals surface area contributed by atoms with Gasteiger partial charge in [0.2, 0.25) is 5.91 Å². The zero-order chi connectivity index (χ0) is 11.9. The minimum absolute atomic E-state index is 0.0337. The molecule has 1 amide bonds. The molecule has 5 nitrogen and oxygen atoms in total. The minimum atomic E-state index is -0.925. The number of carboxylic acids is 1. The summed E-state index contributed by atoms with van der Waals surface area (Å²) in [5, 5.41) is 8.99. The van der Waals surface area contributed by atoms with Crippen LogP contribution in [-0.4, -0.2) is 33.0 Å². The Kier molecular flexibility index (Phi) is 2.46. The van der Waals surface area contributed by atoms with Gasteiger partial charge in [0.25, 0.3) is 0 Å². The molecule has 0 bridgehead atoms. The number of nitrogens with zero attached hydrogens (tertiary/aromatic N) is 2. The van der Waals surface area contributed by atoms with Crippen LogP contribution in [0.15, 0.2) is 6.07 Å². The normalized spacial score (nSPS) is 14.8. The van der Waals surface area contributed by atoms with Gasteiger partial charge in [-0.05, 0) is 11.6 Å². The van der Waals surface area contributed by atoms with E-state index < -0.39 is 5.97 Å². The Morgan fingerprint density at radius 2 is 2.12 bits per heavy atom. The lowest BCUT2D eigenvalue weighted by atomic mass is 10.1. The highest BCUT2D eigenvalue weighted by Gasteiger charge is 2.24. The Morgan fingerprint density at radius 3 is 2.69 bits per heavy atom. The lowest BCUT2D eigenvalue weighted by molar-refractivity contribution is -0.129. The van der Waals surface area contributed by atoms with Crippen molar-refractivity contribution < 1.29 is 14.7 Å². The predicted octanol–water partition coefficient (Wildman–Crippen LogP) is 0.628. The van der Waals surface area contributed by atoms with Gasteiger partial charge < -0.3 is 14.6 Å². The molecule has 2 rings (SSSR count). The first-order chi connectivity index (χ1) is 7.50. The van der Waals surface area contributed by atoms with Crippen LogP contribution >= 0.6 is 0 Å². The number of carbonyl (C=O) groups excluding carboxylic acids is 1. The molecule has 5 heteroatoms. The van der Waals surface area contributed by atoms with E-state index in [1.54, 1.807) is 22.6 Å². The molecule has 0 aromatic carbocycles. The van der Waals surface area contributed by atoms with Gasteiger partial charge in [-0.3, -0.25) is 4.79 Å². The summed E-state index contributed by atoms with van der Waals surface area (Å²) in [6, 6.07) is 1.66. The summed E-state index contributed by atoms with van der Waals surface area (Å²) in [7, 11) is 1.76. The van der Waals surface area contributed by atoms with Crippen LogP contribution in [0.1, 0.15) is 28.7 Å². The summed E-state index contributed by atoms with van der Waals surface area (Å²) in [6.07, 6.45) is 0.721. The monoisotopic (exact) mass is 222 g/mol. The highest BCUT2D eigenvalue weighted by molar-refractivity contribution is 5.86. The Balaban J connectivity index is 2.37. The quantitative estimate of drug-likeness (QED) is 0.758. The minimum Gasteiger partial charge on any atom is -0.477 e. The second kappa shape index (κ2) is 3.66. The molecule has 0 atom stereocenters. The Hall–Kier alpha value is -1.78. The van der Waals surface area contributed by atoms with E-state index in [0.29, 0.717) is 13.1 Å². The molecular formula is C11H14N2O3. The first-order valence-corrected chi connectivity index (χ1v) is 5.17. The van der Waals surface area contributed by atoms with Crippen LogP contribution in [0, 0.1) is 0 Å². The molecule has 16 heavy (non-hydrogen) atoms. The maximum atomic E-state index is 11.2. The summed E-state index contributed by atoms with van der Waals surface area (Å²) in [5.41, 5.74) is 2.26. The summed E-state index contributed by atoms with van der Waals surface area (Å²) >= 11 is 0. The van der Waals surface area contributed by atoms with Crippen LogP contribution in [0.3, 0.4) is 0 Å². The highest BCUT2D eigenvalue weighted by atomic mass is 16.4. The maximum Gasteiger partial charge on any atom is 0.352 e. The number of rotatable bonds is 1. The number of aromatic nitrogens is 1. The molecule has 0 aliphatic carbocycles. The number of carboxylic acid groups (broad SMARTS) is 1. The van der Waals surface area contributed by atoms with E-state index in [9.17, 15) is 9.59 Å². The van der Waals surface area contributed by atoms with E-state index in [1.165, 1.54) is 6.92 Å². The molecular weight excluding hydrogens is 208 g/mol. The van der Waals surface area contributed by atoms with Gasteiger partial charge in [0, 0.05) is 39.2 Å². The van der Waals surface area contributed by atoms with Crippen molar-refractivity contribution in [2.24, 2.45) is 7.05 Å². The molecule has 0 saturated carbocycles. The number of amides is 1. The Labute approximate surface area is 93.3 Å². The lowest BCUT2D eigenvalue weighted by Gasteiger charge is -2.26. The fourth-order valence-electron chi connectivity index (χ4n) is 2.17. The van der Waals surface area contributed by atoms with E-state index in [0.717, 1.165) is 17.7 Å². The molecule has 1 aromatic heterocycles. The predicted molar refractivity (Wildman–Crippen MR) is 57.2 cm³/mol. The van der Waals surface area contributed by atoms with Crippen LogP contribution in [-0.2, 0) is 24.8 Å². The number of aromatic carboxylic acids is 1. The average Bonchev–Trinajstić information content (AvgIpc) is 2.55. The molecule has 1 aliphatic rings. The van der Waals surface area contributed by atoms with E-state index in [2.05, 4.69) is 0 Å². The summed E-state index contributed by atoms with van der Waals surface area (Å²) in [6.45, 7) is 2.72. The van der Waals surface area contributed by atoms with Crippen LogP contribution < -0.4 is 0 Å². The van der Waals surface area contributed by atoms with Crippen molar-refractivity contribution in [1.29, 1.82) is 0 Å². The topological polar surface area (TPSA) is 62.5 Å². The summed E-state index contributed by atoms with van der Waals surface area (Å²) in [4.78, 5) is 23.9. The van der Waals surface area contributed by atoms with Crippen molar-refractivity contribution in [3.63, 3.8) is 0 Å². The van der Waals surface area contributed by atoms with Crippen LogP contribution in [0.4, 0.5) is 0 Å². The van der Waals surface area contributed by atoms with Gasteiger partial charge in [-0.15, -0.1) is 0 Å². The zero-order valence-corrected chi connectivity index (χ0v) is 9.36. The fourth-order valence-corrected chi connectivity index (χ4v) is 2.17. The van der Waals surface area contributed by atoms with Crippen molar-refractivity contribution in [1.82, 2.24) is 9.47 Å². The Morgan fingerprint density at radius 1 is 1.44 bits per heavy atom. The maximum absolute atomic E-state index is 11.2. The molecule has 1 N–H and O–H groups in total. The molecule has 0 radical (unpaired) electrons.